The van der Waals surface area contributed by atoms with Crippen LogP contribution in [0.3, 0.4) is 0 Å². The first kappa shape index (κ1) is 36.4. The van der Waals surface area contributed by atoms with Crippen molar-refractivity contribution in [2.45, 2.75) is 82.7 Å². The highest BCUT2D eigenvalue weighted by molar-refractivity contribution is 9.10. The molecule has 6 heterocycles. The van der Waals surface area contributed by atoms with Gasteiger partial charge in [0.1, 0.15) is 18.6 Å². The van der Waals surface area contributed by atoms with E-state index in [1.807, 2.05) is 4.90 Å². The average molecular weight is 794 g/mol. The van der Waals surface area contributed by atoms with E-state index in [0.29, 0.717) is 54.0 Å². The summed E-state index contributed by atoms with van der Waals surface area (Å²) < 4.78 is 88.7. The SMILES string of the molecule is CC#Cc1cc(N)c(F)c([C@@H]2Cc3nc(OC[C@@]45CCCN4C[C@H](F)C5)nc(N4CCCn5nc(C(=O)N(C)C)c(Br)c5C4)c3CO2)c1C(F)(F)F. The van der Waals surface area contributed by atoms with Crippen LogP contribution in [-0.2, 0) is 37.0 Å². The third kappa shape index (κ3) is 6.47. The summed E-state index contributed by atoms with van der Waals surface area (Å²) in [5.41, 5.74) is 4.28. The lowest BCUT2D eigenvalue weighted by atomic mass is 9.91. The van der Waals surface area contributed by atoms with Gasteiger partial charge < -0.3 is 25.0 Å². The second-order valence-corrected chi connectivity index (χ2v) is 14.7. The molecule has 0 aliphatic carbocycles. The molecule has 4 aliphatic rings. The third-order valence-electron chi connectivity index (χ3n) is 10.3. The number of nitrogens with two attached hydrogens (primary N) is 1. The highest BCUT2D eigenvalue weighted by atomic mass is 79.9. The molecule has 0 spiro atoms. The number of aryl methyl sites for hydroxylation is 1. The summed E-state index contributed by atoms with van der Waals surface area (Å²) in [6, 6.07) is 0.859. The lowest BCUT2D eigenvalue weighted by Gasteiger charge is -2.33. The van der Waals surface area contributed by atoms with Crippen molar-refractivity contribution in [3.63, 3.8) is 0 Å². The monoisotopic (exact) mass is 792 g/mol. The Morgan fingerprint density at radius 1 is 1.23 bits per heavy atom. The van der Waals surface area contributed by atoms with Crippen molar-refractivity contribution in [2.75, 3.05) is 51.0 Å². The highest BCUT2D eigenvalue weighted by Gasteiger charge is 2.49. The van der Waals surface area contributed by atoms with Gasteiger partial charge in [0.05, 0.1) is 51.9 Å². The molecule has 3 aromatic rings. The second kappa shape index (κ2) is 13.8. The van der Waals surface area contributed by atoms with Crippen LogP contribution in [0.15, 0.2) is 10.5 Å². The number of halogens is 6. The zero-order valence-electron chi connectivity index (χ0n) is 28.9. The summed E-state index contributed by atoms with van der Waals surface area (Å²) in [4.78, 5) is 27.9. The minimum Gasteiger partial charge on any atom is -0.461 e. The molecular weight excluding hydrogens is 755 g/mol. The lowest BCUT2D eigenvalue weighted by molar-refractivity contribution is -0.140. The second-order valence-electron chi connectivity index (χ2n) is 13.9. The first-order valence-electron chi connectivity index (χ1n) is 17.1. The maximum atomic E-state index is 15.7. The first-order chi connectivity index (χ1) is 24.7. The number of aromatic nitrogens is 4. The molecule has 2 aromatic heterocycles. The van der Waals surface area contributed by atoms with E-state index >= 15 is 4.39 Å². The zero-order chi connectivity index (χ0) is 37.1. The quantitative estimate of drug-likeness (QED) is 0.199. The van der Waals surface area contributed by atoms with Gasteiger partial charge >= 0.3 is 12.2 Å². The van der Waals surface area contributed by atoms with Gasteiger partial charge in [-0.2, -0.15) is 28.2 Å². The minimum atomic E-state index is -4.96. The number of carbonyl (C=O) groups excluding carboxylic acids is 1. The van der Waals surface area contributed by atoms with Crippen LogP contribution in [0.1, 0.15) is 82.8 Å². The van der Waals surface area contributed by atoms with Crippen molar-refractivity contribution in [2.24, 2.45) is 0 Å². The molecule has 4 aliphatic heterocycles. The molecule has 0 bridgehead atoms. The Hall–Kier alpha value is -4.01. The molecule has 0 radical (unpaired) electrons. The fourth-order valence-corrected chi connectivity index (χ4v) is 8.52. The van der Waals surface area contributed by atoms with Crippen LogP contribution in [0.25, 0.3) is 0 Å². The van der Waals surface area contributed by atoms with Crippen molar-refractivity contribution in [3.8, 4) is 17.9 Å². The fourth-order valence-electron chi connectivity index (χ4n) is 7.94. The maximum Gasteiger partial charge on any atom is 0.418 e. The van der Waals surface area contributed by atoms with E-state index in [1.165, 1.54) is 11.8 Å². The minimum absolute atomic E-state index is 0.0279. The van der Waals surface area contributed by atoms with Crippen molar-refractivity contribution < 1.29 is 36.2 Å². The predicted octanol–water partition coefficient (Wildman–Crippen LogP) is 5.43. The highest BCUT2D eigenvalue weighted by Crippen LogP contribution is 2.45. The van der Waals surface area contributed by atoms with Gasteiger partial charge in [0.2, 0.25) is 0 Å². The number of carbonyl (C=O) groups is 1. The third-order valence-corrected chi connectivity index (χ3v) is 11.2. The number of rotatable bonds is 6. The number of hydrogen-bond donors (Lipinski definition) is 1. The summed E-state index contributed by atoms with van der Waals surface area (Å²) in [7, 11) is 3.28. The molecule has 278 valence electrons. The van der Waals surface area contributed by atoms with Crippen LogP contribution in [0.2, 0.25) is 0 Å². The van der Waals surface area contributed by atoms with Crippen LogP contribution < -0.4 is 15.4 Å². The largest absolute Gasteiger partial charge is 0.461 e. The molecule has 17 heteroatoms. The standard InChI is InChI=1S/C35H38BrF5N8O3/c1-4-7-19-12-22(42)29(38)26(27(19)35(39,40)41)25-13-23-21(17-51-25)31(44-33(43-23)52-18-34-8-5-10-48(34)15-20(37)14-34)47-9-6-11-49-24(16-47)28(36)30(45-49)32(50)46(2)3/h12,20,25H,5-6,8-11,13-18,42H2,1-3H3/t20-,25+,34+/m1/s1. The Labute approximate surface area is 305 Å². The molecule has 7 rings (SSSR count). The fraction of sp³-hybridized carbons (Fsp3) is 0.543. The predicted molar refractivity (Wildman–Crippen MR) is 184 cm³/mol. The summed E-state index contributed by atoms with van der Waals surface area (Å²) in [5.74, 6) is 3.80. The van der Waals surface area contributed by atoms with Gasteiger partial charge in [-0.1, -0.05) is 5.92 Å². The van der Waals surface area contributed by atoms with Gasteiger partial charge in [-0.15, -0.1) is 5.92 Å². The molecule has 0 unspecified atom stereocenters. The molecule has 1 aromatic carbocycles. The summed E-state index contributed by atoms with van der Waals surface area (Å²) >= 11 is 3.59. The van der Waals surface area contributed by atoms with Gasteiger partial charge in [0.15, 0.2) is 11.5 Å². The lowest BCUT2D eigenvalue weighted by Crippen LogP contribution is -2.43. The zero-order valence-corrected chi connectivity index (χ0v) is 30.5. The Bertz CT molecular complexity index is 1980. The van der Waals surface area contributed by atoms with E-state index in [2.05, 4.69) is 42.8 Å². The number of benzene rings is 1. The van der Waals surface area contributed by atoms with Crippen molar-refractivity contribution in [3.05, 3.63) is 55.7 Å². The summed E-state index contributed by atoms with van der Waals surface area (Å²) in [6.07, 6.45) is -5.02. The first-order valence-corrected chi connectivity index (χ1v) is 17.9. The van der Waals surface area contributed by atoms with Crippen LogP contribution >= 0.6 is 15.9 Å². The number of alkyl halides is 4. The number of ether oxygens (including phenoxy) is 2. The summed E-state index contributed by atoms with van der Waals surface area (Å²) in [6.45, 7) is 3.63. The Balaban J connectivity index is 1.30. The summed E-state index contributed by atoms with van der Waals surface area (Å²) in [5, 5.41) is 4.57. The van der Waals surface area contributed by atoms with Gasteiger partial charge in [0.25, 0.3) is 5.91 Å². The molecule has 2 fully saturated rings. The van der Waals surface area contributed by atoms with Crippen LogP contribution in [0.4, 0.5) is 33.5 Å². The van der Waals surface area contributed by atoms with E-state index in [1.54, 1.807) is 18.8 Å². The molecule has 2 N–H and O–H groups in total. The Kier molecular flexibility index (Phi) is 9.62. The number of amides is 1. The molecule has 52 heavy (non-hydrogen) atoms. The number of anilines is 2. The van der Waals surface area contributed by atoms with Crippen LogP contribution in [0.5, 0.6) is 6.01 Å². The van der Waals surface area contributed by atoms with E-state index in [9.17, 15) is 22.4 Å². The van der Waals surface area contributed by atoms with Crippen molar-refractivity contribution in [1.29, 1.82) is 0 Å². The van der Waals surface area contributed by atoms with E-state index in [0.717, 1.165) is 31.1 Å². The van der Waals surface area contributed by atoms with Crippen LogP contribution in [-0.4, -0.2) is 87.5 Å². The Morgan fingerprint density at radius 3 is 2.75 bits per heavy atom. The van der Waals surface area contributed by atoms with Gasteiger partial charge in [-0.25, -0.2) is 8.78 Å². The topological polar surface area (TPSA) is 115 Å². The van der Waals surface area contributed by atoms with E-state index < -0.39 is 52.2 Å². The van der Waals surface area contributed by atoms with E-state index in [4.69, 9.17) is 20.2 Å². The molecule has 0 saturated carbocycles. The molecule has 1 amide bonds. The van der Waals surface area contributed by atoms with Gasteiger partial charge in [-0.05, 0) is 54.7 Å². The Morgan fingerprint density at radius 2 is 2.02 bits per heavy atom. The molecule has 2 saturated heterocycles. The normalized spacial score (nSPS) is 23.0. The average Bonchev–Trinajstić information content (AvgIpc) is 3.66. The van der Waals surface area contributed by atoms with E-state index in [-0.39, 0.29) is 43.8 Å². The molecule has 11 nitrogen and oxygen atoms in total. The van der Waals surface area contributed by atoms with Gasteiger partial charge in [-0.3, -0.25) is 14.4 Å². The smallest absolute Gasteiger partial charge is 0.418 e. The molecular formula is C35H38BrF5N8O3. The van der Waals surface area contributed by atoms with Crippen molar-refractivity contribution >= 4 is 33.3 Å². The van der Waals surface area contributed by atoms with Crippen LogP contribution in [0, 0.1) is 17.7 Å². The maximum absolute atomic E-state index is 15.7. The van der Waals surface area contributed by atoms with Crippen molar-refractivity contribution in [1.82, 2.24) is 29.5 Å². The number of nitrogens with zero attached hydrogens (tertiary/aromatic N) is 7. The number of hydrogen-bond acceptors (Lipinski definition) is 9. The number of nitrogen functional groups attached to an aromatic ring is 1. The molecule has 3 atom stereocenters. The number of fused-ring (bicyclic) bond motifs is 3. The van der Waals surface area contributed by atoms with Gasteiger partial charge in [0, 0.05) is 63.3 Å².